The zero-order chi connectivity index (χ0) is 14.7. The molecule has 6 nitrogen and oxygen atoms in total. The molecule has 0 radical (unpaired) electrons. The molecule has 6 heteroatoms. The molecule has 0 saturated heterocycles. The maximum absolute atomic E-state index is 12.0. The number of carbonyl (C=O) groups excluding carboxylic acids is 1. The molecule has 2 aromatic rings. The zero-order valence-electron chi connectivity index (χ0n) is 10.8. The molecule has 20 heavy (non-hydrogen) atoms. The number of amides is 1. The summed E-state index contributed by atoms with van der Waals surface area (Å²) < 4.78 is 5.05. The fraction of sp³-hybridized carbons (Fsp3) is 0.0714. The first-order valence-electron chi connectivity index (χ1n) is 5.78. The average molecular weight is 274 g/mol. The van der Waals surface area contributed by atoms with E-state index in [9.17, 15) is 15.0 Å². The number of benzene rings is 2. The zero-order valence-corrected chi connectivity index (χ0v) is 10.8. The van der Waals surface area contributed by atoms with Crippen molar-refractivity contribution in [3.63, 3.8) is 0 Å². The molecule has 0 aliphatic carbocycles. The Hall–Kier alpha value is -2.89. The molecule has 0 fully saturated rings. The molecule has 0 aromatic heterocycles. The van der Waals surface area contributed by atoms with Crippen LogP contribution in [-0.4, -0.2) is 23.2 Å². The first kappa shape index (κ1) is 13.5. The molecular weight excluding hydrogens is 260 g/mol. The Morgan fingerprint density at radius 1 is 1.20 bits per heavy atom. The Balaban J connectivity index is 2.27. The van der Waals surface area contributed by atoms with Crippen LogP contribution in [0.4, 0.5) is 11.4 Å². The minimum absolute atomic E-state index is 0.0324. The van der Waals surface area contributed by atoms with Gasteiger partial charge in [-0.3, -0.25) is 4.79 Å². The van der Waals surface area contributed by atoms with Crippen LogP contribution in [0.3, 0.4) is 0 Å². The van der Waals surface area contributed by atoms with Crippen LogP contribution in [0, 0.1) is 0 Å². The van der Waals surface area contributed by atoms with Gasteiger partial charge in [-0.2, -0.15) is 0 Å². The van der Waals surface area contributed by atoms with Crippen molar-refractivity contribution < 1.29 is 19.7 Å². The summed E-state index contributed by atoms with van der Waals surface area (Å²) in [7, 11) is 1.50. The lowest BCUT2D eigenvalue weighted by molar-refractivity contribution is 0.102. The van der Waals surface area contributed by atoms with Crippen molar-refractivity contribution in [3.05, 3.63) is 42.0 Å². The van der Waals surface area contributed by atoms with E-state index in [4.69, 9.17) is 10.5 Å². The Morgan fingerprint density at radius 2 is 1.95 bits per heavy atom. The van der Waals surface area contributed by atoms with Crippen LogP contribution in [-0.2, 0) is 0 Å². The Labute approximate surface area is 115 Å². The number of nitrogens with two attached hydrogens (primary N) is 1. The third kappa shape index (κ3) is 2.74. The molecule has 5 N–H and O–H groups in total. The highest BCUT2D eigenvalue weighted by Crippen LogP contribution is 2.27. The highest BCUT2D eigenvalue weighted by atomic mass is 16.5. The van der Waals surface area contributed by atoms with E-state index in [1.807, 2.05) is 0 Å². The summed E-state index contributed by atoms with van der Waals surface area (Å²) in [5.74, 6) is -0.434. The molecule has 0 atom stereocenters. The van der Waals surface area contributed by atoms with Gasteiger partial charge in [0.25, 0.3) is 5.91 Å². The van der Waals surface area contributed by atoms with Crippen molar-refractivity contribution in [1.82, 2.24) is 0 Å². The highest BCUT2D eigenvalue weighted by Gasteiger charge is 2.13. The Kier molecular flexibility index (Phi) is 3.65. The number of aromatic hydroxyl groups is 2. The van der Waals surface area contributed by atoms with E-state index in [-0.39, 0.29) is 17.1 Å². The summed E-state index contributed by atoms with van der Waals surface area (Å²) in [5, 5.41) is 21.4. The highest BCUT2D eigenvalue weighted by molar-refractivity contribution is 6.07. The van der Waals surface area contributed by atoms with Crippen LogP contribution < -0.4 is 15.8 Å². The molecule has 2 aromatic carbocycles. The lowest BCUT2D eigenvalue weighted by atomic mass is 10.1. The number of methoxy groups -OCH3 is 1. The number of nitrogen functional groups attached to an aromatic ring is 1. The second-order valence-corrected chi connectivity index (χ2v) is 4.11. The molecule has 0 aliphatic rings. The molecule has 0 bridgehead atoms. The van der Waals surface area contributed by atoms with Gasteiger partial charge in [0, 0.05) is 12.1 Å². The summed E-state index contributed by atoms with van der Waals surface area (Å²) in [4.78, 5) is 12.0. The Bertz CT molecular complexity index is 656. The van der Waals surface area contributed by atoms with Crippen LogP contribution in [0.2, 0.25) is 0 Å². The van der Waals surface area contributed by atoms with Crippen molar-refractivity contribution in [1.29, 1.82) is 0 Å². The predicted molar refractivity (Wildman–Crippen MR) is 75.1 cm³/mol. The van der Waals surface area contributed by atoms with Gasteiger partial charge < -0.3 is 26.0 Å². The van der Waals surface area contributed by atoms with Gasteiger partial charge in [0.1, 0.15) is 17.2 Å². The number of rotatable bonds is 3. The minimum Gasteiger partial charge on any atom is -0.508 e. The Morgan fingerprint density at radius 3 is 2.60 bits per heavy atom. The molecular formula is C14H14N2O4. The van der Waals surface area contributed by atoms with Crippen LogP contribution in [0.5, 0.6) is 17.2 Å². The van der Waals surface area contributed by atoms with E-state index in [2.05, 4.69) is 5.32 Å². The van der Waals surface area contributed by atoms with Gasteiger partial charge >= 0.3 is 0 Å². The van der Waals surface area contributed by atoms with Crippen LogP contribution >= 0.6 is 0 Å². The number of ether oxygens (including phenoxy) is 1. The lowest BCUT2D eigenvalue weighted by Crippen LogP contribution is -2.13. The van der Waals surface area contributed by atoms with E-state index in [1.54, 1.807) is 18.2 Å². The number of hydrogen-bond donors (Lipinski definition) is 4. The largest absolute Gasteiger partial charge is 0.508 e. The van der Waals surface area contributed by atoms with Crippen molar-refractivity contribution >= 4 is 17.3 Å². The van der Waals surface area contributed by atoms with Crippen LogP contribution in [0.1, 0.15) is 10.4 Å². The van der Waals surface area contributed by atoms with E-state index in [0.29, 0.717) is 17.1 Å². The van der Waals surface area contributed by atoms with Gasteiger partial charge in [-0.1, -0.05) is 0 Å². The van der Waals surface area contributed by atoms with Gasteiger partial charge in [0.05, 0.1) is 24.0 Å². The fourth-order valence-electron chi connectivity index (χ4n) is 1.67. The molecule has 104 valence electrons. The van der Waals surface area contributed by atoms with Gasteiger partial charge in [-0.25, -0.2) is 0 Å². The summed E-state index contributed by atoms with van der Waals surface area (Å²) in [6, 6.07) is 8.56. The van der Waals surface area contributed by atoms with E-state index in [1.165, 1.54) is 19.2 Å². The molecule has 1 amide bonds. The standard InChI is InChI=1S/C14H14N2O4/c1-20-9-3-5-11(15)12(7-9)16-14(19)10-4-2-8(17)6-13(10)18/h2-7,17-18H,15H2,1H3,(H,16,19). The van der Waals surface area contributed by atoms with E-state index >= 15 is 0 Å². The molecule has 0 spiro atoms. The molecule has 0 heterocycles. The second kappa shape index (κ2) is 5.40. The van der Waals surface area contributed by atoms with Crippen molar-refractivity contribution in [3.8, 4) is 17.2 Å². The monoisotopic (exact) mass is 274 g/mol. The number of hydrogen-bond acceptors (Lipinski definition) is 5. The maximum atomic E-state index is 12.0. The first-order valence-corrected chi connectivity index (χ1v) is 5.78. The quantitative estimate of drug-likeness (QED) is 0.640. The second-order valence-electron chi connectivity index (χ2n) is 4.11. The van der Waals surface area contributed by atoms with Gasteiger partial charge in [-0.15, -0.1) is 0 Å². The first-order chi connectivity index (χ1) is 9.51. The third-order valence-corrected chi connectivity index (χ3v) is 2.73. The van der Waals surface area contributed by atoms with E-state index in [0.717, 1.165) is 6.07 Å². The number of carbonyl (C=O) groups is 1. The van der Waals surface area contributed by atoms with Gasteiger partial charge in [0.15, 0.2) is 0 Å². The summed E-state index contributed by atoms with van der Waals surface area (Å²) >= 11 is 0. The normalized spacial score (nSPS) is 10.1. The van der Waals surface area contributed by atoms with Crippen molar-refractivity contribution in [2.45, 2.75) is 0 Å². The van der Waals surface area contributed by atoms with Crippen molar-refractivity contribution in [2.75, 3.05) is 18.2 Å². The topological polar surface area (TPSA) is 105 Å². The van der Waals surface area contributed by atoms with Gasteiger partial charge in [0.2, 0.25) is 0 Å². The average Bonchev–Trinajstić information content (AvgIpc) is 2.41. The fourth-order valence-corrected chi connectivity index (χ4v) is 1.67. The summed E-state index contributed by atoms with van der Waals surface area (Å²) in [5.41, 5.74) is 6.54. The molecule has 0 unspecified atom stereocenters. The van der Waals surface area contributed by atoms with E-state index < -0.39 is 5.91 Å². The molecule has 2 rings (SSSR count). The SMILES string of the molecule is COc1ccc(N)c(NC(=O)c2ccc(O)cc2O)c1. The molecule has 0 saturated carbocycles. The lowest BCUT2D eigenvalue weighted by Gasteiger charge is -2.10. The number of phenols is 2. The van der Waals surface area contributed by atoms with Crippen molar-refractivity contribution in [2.24, 2.45) is 0 Å². The van der Waals surface area contributed by atoms with Crippen LogP contribution in [0.15, 0.2) is 36.4 Å². The van der Waals surface area contributed by atoms with Crippen LogP contribution in [0.25, 0.3) is 0 Å². The number of anilines is 2. The minimum atomic E-state index is -0.539. The maximum Gasteiger partial charge on any atom is 0.259 e. The number of phenolic OH excluding ortho intramolecular Hbond substituents is 2. The predicted octanol–water partition coefficient (Wildman–Crippen LogP) is 1.94. The third-order valence-electron chi connectivity index (χ3n) is 2.73. The summed E-state index contributed by atoms with van der Waals surface area (Å²) in [6.07, 6.45) is 0. The summed E-state index contributed by atoms with van der Waals surface area (Å²) in [6.45, 7) is 0. The van der Waals surface area contributed by atoms with Gasteiger partial charge in [-0.05, 0) is 24.3 Å². The molecule has 0 aliphatic heterocycles. The number of nitrogens with one attached hydrogen (secondary N) is 1. The smallest absolute Gasteiger partial charge is 0.259 e.